The number of imidazole rings is 1. The number of fused-ring (bicyclic) bond motifs is 1. The van der Waals surface area contributed by atoms with Crippen LogP contribution in [0, 0.1) is 15.9 Å². The van der Waals surface area contributed by atoms with Crippen molar-refractivity contribution in [2.24, 2.45) is 4.99 Å². The summed E-state index contributed by atoms with van der Waals surface area (Å²) >= 11 is 5.82. The fraction of sp³-hybridized carbons (Fsp3) is 0.240. The van der Waals surface area contributed by atoms with Crippen LogP contribution in [0.1, 0.15) is 26.3 Å². The largest absolute Gasteiger partial charge is 0.444 e. The molecule has 4 rings (SSSR count). The molecule has 216 valence electrons. The maximum atomic E-state index is 14.5. The van der Waals surface area contributed by atoms with E-state index in [1.807, 2.05) is 0 Å². The van der Waals surface area contributed by atoms with E-state index in [2.05, 4.69) is 31.2 Å². The van der Waals surface area contributed by atoms with Gasteiger partial charge in [0.1, 0.15) is 16.4 Å². The zero-order valence-electron chi connectivity index (χ0n) is 22.0. The van der Waals surface area contributed by atoms with E-state index in [0.29, 0.717) is 24.7 Å². The number of thioether (sulfide) groups is 1. The number of carbonyl (C=O) groups is 1. The number of carbonyl (C=O) groups excluding carboxylic acids is 1. The number of amides is 1. The molecule has 0 bridgehead atoms. The SMILES string of the molecule is CSc1sc(/N=C/NC(=O)OC(C)(C)C)cc1S(=O)(=O)c1cc(Br)c2c(c1)ncn2Cc1ccc([N+](=O)[O-])cc1F. The molecule has 2 aromatic heterocycles. The number of aromatic nitrogens is 2. The Morgan fingerprint density at radius 2 is 2.05 bits per heavy atom. The van der Waals surface area contributed by atoms with Gasteiger partial charge in [-0.25, -0.2) is 27.6 Å². The van der Waals surface area contributed by atoms with Crippen LogP contribution in [0.25, 0.3) is 11.0 Å². The molecule has 0 saturated heterocycles. The molecule has 1 N–H and O–H groups in total. The summed E-state index contributed by atoms with van der Waals surface area (Å²) in [6.07, 6.45) is 3.64. The van der Waals surface area contributed by atoms with E-state index in [1.54, 1.807) is 31.6 Å². The van der Waals surface area contributed by atoms with Gasteiger partial charge in [0.05, 0.1) is 55.2 Å². The van der Waals surface area contributed by atoms with Crippen molar-refractivity contribution < 1.29 is 27.3 Å². The second-order valence-electron chi connectivity index (χ2n) is 9.53. The number of nitro groups is 1. The lowest BCUT2D eigenvalue weighted by Crippen LogP contribution is -2.31. The van der Waals surface area contributed by atoms with Crippen molar-refractivity contribution in [2.75, 3.05) is 6.26 Å². The first kappa shape index (κ1) is 30.6. The Labute approximate surface area is 251 Å². The average molecular weight is 685 g/mol. The van der Waals surface area contributed by atoms with E-state index in [-0.39, 0.29) is 27.6 Å². The highest BCUT2D eigenvalue weighted by atomic mass is 79.9. The van der Waals surface area contributed by atoms with Crippen molar-refractivity contribution in [3.63, 3.8) is 0 Å². The molecule has 0 atom stereocenters. The number of thiophene rings is 1. The third-order valence-corrected chi connectivity index (χ3v) is 10.2. The highest BCUT2D eigenvalue weighted by molar-refractivity contribution is 9.10. The van der Waals surface area contributed by atoms with Crippen molar-refractivity contribution in [1.29, 1.82) is 0 Å². The third kappa shape index (κ3) is 6.94. The summed E-state index contributed by atoms with van der Waals surface area (Å²) in [4.78, 5) is 30.6. The fourth-order valence-corrected chi connectivity index (χ4v) is 8.39. The molecule has 0 fully saturated rings. The summed E-state index contributed by atoms with van der Waals surface area (Å²) in [5.41, 5.74) is 0.0384. The number of nitrogens with zero attached hydrogens (tertiary/aromatic N) is 4. The highest BCUT2D eigenvalue weighted by Gasteiger charge is 2.26. The number of ether oxygens (including phenoxy) is 1. The molecule has 0 unspecified atom stereocenters. The summed E-state index contributed by atoms with van der Waals surface area (Å²) in [7, 11) is -4.01. The van der Waals surface area contributed by atoms with Gasteiger partial charge in [-0.15, -0.1) is 23.1 Å². The van der Waals surface area contributed by atoms with E-state index >= 15 is 0 Å². The minimum Gasteiger partial charge on any atom is -0.444 e. The molecule has 16 heteroatoms. The van der Waals surface area contributed by atoms with Crippen LogP contribution in [0.2, 0.25) is 0 Å². The van der Waals surface area contributed by atoms with Crippen LogP contribution in [0.3, 0.4) is 0 Å². The lowest BCUT2D eigenvalue weighted by atomic mass is 10.2. The second kappa shape index (κ2) is 11.9. The van der Waals surface area contributed by atoms with Gasteiger partial charge in [0.15, 0.2) is 0 Å². The van der Waals surface area contributed by atoms with Crippen LogP contribution in [0.15, 0.2) is 66.2 Å². The van der Waals surface area contributed by atoms with Crippen molar-refractivity contribution in [3.05, 3.63) is 68.7 Å². The molecule has 2 aromatic carbocycles. The number of non-ortho nitro benzene ring substituents is 1. The first-order chi connectivity index (χ1) is 19.2. The molecule has 0 aliphatic carbocycles. The van der Waals surface area contributed by atoms with E-state index in [9.17, 15) is 27.7 Å². The summed E-state index contributed by atoms with van der Waals surface area (Å²) in [6.45, 7) is 5.20. The molecule has 1 amide bonds. The molecule has 0 spiro atoms. The standard InChI is InChI=1S/C25H23BrFN5O6S3/c1-25(2,3)38-24(33)29-12-28-21-10-20(23(39-4)40-21)41(36,37)16-8-17(26)22-19(9-16)30-13-31(22)11-14-5-6-15(32(34)35)7-18(14)27/h5-10,12-13H,11H2,1-4H3,(H,28,29,33). The number of halogens is 2. The van der Waals surface area contributed by atoms with E-state index in [0.717, 1.165) is 23.7 Å². The Morgan fingerprint density at radius 3 is 2.68 bits per heavy atom. The van der Waals surface area contributed by atoms with E-state index < -0.39 is 32.3 Å². The molecule has 2 heterocycles. The van der Waals surface area contributed by atoms with Crippen LogP contribution < -0.4 is 5.32 Å². The molecule has 4 aromatic rings. The van der Waals surface area contributed by atoms with Gasteiger partial charge in [-0.05, 0) is 67.2 Å². The molecular weight excluding hydrogens is 661 g/mol. The predicted molar refractivity (Wildman–Crippen MR) is 159 cm³/mol. The highest BCUT2D eigenvalue weighted by Crippen LogP contribution is 2.41. The molecule has 0 aliphatic rings. The van der Waals surface area contributed by atoms with Gasteiger partial charge in [-0.3, -0.25) is 15.4 Å². The Bertz CT molecular complexity index is 1800. The Balaban J connectivity index is 1.62. The molecule has 0 saturated carbocycles. The first-order valence-corrected chi connectivity index (χ1v) is 16.0. The molecule has 41 heavy (non-hydrogen) atoms. The van der Waals surface area contributed by atoms with Gasteiger partial charge in [-0.2, -0.15) is 0 Å². The van der Waals surface area contributed by atoms with Crippen LogP contribution in [-0.2, 0) is 21.1 Å². The van der Waals surface area contributed by atoms with Gasteiger partial charge in [0.25, 0.3) is 5.69 Å². The maximum Gasteiger partial charge on any atom is 0.412 e. The number of nitrogens with one attached hydrogen (secondary N) is 1. The third-order valence-electron chi connectivity index (χ3n) is 5.44. The molecule has 11 nitrogen and oxygen atoms in total. The molecule has 0 radical (unpaired) electrons. The van der Waals surface area contributed by atoms with Crippen molar-refractivity contribution in [2.45, 2.75) is 46.9 Å². The number of hydrogen-bond donors (Lipinski definition) is 1. The van der Waals surface area contributed by atoms with E-state index in [4.69, 9.17) is 4.74 Å². The molecule has 0 aliphatic heterocycles. The Kier molecular flexibility index (Phi) is 8.87. The number of hydrogen-bond acceptors (Lipinski definition) is 10. The first-order valence-electron chi connectivity index (χ1n) is 11.7. The smallest absolute Gasteiger partial charge is 0.412 e. The number of aliphatic imine (C=N–C) groups is 1. The minimum absolute atomic E-state index is 0.0147. The second-order valence-corrected chi connectivity index (χ2v) is 14.4. The van der Waals surface area contributed by atoms with Gasteiger partial charge in [0, 0.05) is 16.1 Å². The fourth-order valence-electron chi connectivity index (χ4n) is 3.69. The zero-order valence-corrected chi connectivity index (χ0v) is 26.1. The van der Waals surface area contributed by atoms with Gasteiger partial charge < -0.3 is 9.30 Å². The monoisotopic (exact) mass is 683 g/mol. The predicted octanol–water partition coefficient (Wildman–Crippen LogP) is 6.70. The summed E-state index contributed by atoms with van der Waals surface area (Å²) in [5.74, 6) is -0.738. The van der Waals surface area contributed by atoms with Crippen LogP contribution >= 0.6 is 39.0 Å². The number of nitro benzene ring substituents is 1. The van der Waals surface area contributed by atoms with Crippen LogP contribution in [0.4, 0.5) is 19.9 Å². The number of sulfone groups is 1. The van der Waals surface area contributed by atoms with Gasteiger partial charge in [0.2, 0.25) is 9.84 Å². The van der Waals surface area contributed by atoms with Crippen LogP contribution in [0.5, 0.6) is 0 Å². The molecular formula is C25H23BrFN5O6S3. The summed E-state index contributed by atoms with van der Waals surface area (Å²) < 4.78 is 49.5. The lowest BCUT2D eigenvalue weighted by molar-refractivity contribution is -0.385. The van der Waals surface area contributed by atoms with Gasteiger partial charge >= 0.3 is 6.09 Å². The average Bonchev–Trinajstić information content (AvgIpc) is 3.48. The topological polar surface area (TPSA) is 146 Å². The van der Waals surface area contributed by atoms with E-state index in [1.165, 1.54) is 48.4 Å². The minimum atomic E-state index is -4.01. The quantitative estimate of drug-likeness (QED) is 0.0710. The zero-order chi connectivity index (χ0) is 30.1. The van der Waals surface area contributed by atoms with Crippen molar-refractivity contribution in [3.8, 4) is 0 Å². The number of alkyl carbamates (subject to hydrolysis) is 1. The Hall–Kier alpha value is -3.34. The van der Waals surface area contributed by atoms with Crippen molar-refractivity contribution in [1.82, 2.24) is 14.9 Å². The van der Waals surface area contributed by atoms with Crippen molar-refractivity contribution >= 4 is 83.0 Å². The summed E-state index contributed by atoms with van der Waals surface area (Å²) in [6, 6.07) is 7.68. The summed E-state index contributed by atoms with van der Waals surface area (Å²) in [5, 5.41) is 13.7. The normalized spacial score (nSPS) is 12.2. The Morgan fingerprint density at radius 1 is 1.32 bits per heavy atom. The number of benzene rings is 2. The van der Waals surface area contributed by atoms with Crippen LogP contribution in [-0.4, -0.2) is 47.2 Å². The maximum absolute atomic E-state index is 14.5. The van der Waals surface area contributed by atoms with Gasteiger partial charge in [-0.1, -0.05) is 0 Å². The lowest BCUT2D eigenvalue weighted by Gasteiger charge is -2.18. The number of rotatable bonds is 8.